The summed E-state index contributed by atoms with van der Waals surface area (Å²) in [6, 6.07) is 19.2. The average molecular weight is 860 g/mol. The van der Waals surface area contributed by atoms with Crippen LogP contribution in [0, 0.1) is 5.41 Å². The molecule has 1 aromatic heterocycles. The fraction of sp³-hybridized carbons (Fsp3) is 0.326. The molecule has 0 bridgehead atoms. The van der Waals surface area contributed by atoms with Crippen LogP contribution in [0.15, 0.2) is 109 Å². The second-order valence-corrected chi connectivity index (χ2v) is 18.4. The molecule has 3 amide bonds. The summed E-state index contributed by atoms with van der Waals surface area (Å²) >= 11 is -0.752. The fourth-order valence-corrected chi connectivity index (χ4v) is 7.87. The van der Waals surface area contributed by atoms with Gasteiger partial charge in [-0.3, -0.25) is 14.4 Å². The van der Waals surface area contributed by atoms with Crippen molar-refractivity contribution in [1.82, 2.24) is 25.2 Å². The SMILES string of the molecule is C=C(OC)/C(=C\C(=C/CNC(=O)Nc1ccc(Oc2ccnc(Nc3cc(OC)cc(C(=O)NCCN4CC[S+]([O-])CC4)c3)c2)c2ccccc12)C(C)(C)C)NS(C)(=O)=O. The molecule has 15 nitrogen and oxygen atoms in total. The van der Waals surface area contributed by atoms with E-state index in [4.69, 9.17) is 14.2 Å². The molecule has 2 heterocycles. The normalized spacial score (nSPS) is 14.2. The number of urea groups is 1. The molecule has 1 fully saturated rings. The van der Waals surface area contributed by atoms with Gasteiger partial charge in [-0.25, -0.2) is 18.2 Å². The van der Waals surface area contributed by atoms with Gasteiger partial charge in [0.25, 0.3) is 5.91 Å². The first-order valence-corrected chi connectivity index (χ1v) is 22.5. The molecule has 320 valence electrons. The summed E-state index contributed by atoms with van der Waals surface area (Å²) < 4.78 is 55.1. The molecule has 0 radical (unpaired) electrons. The van der Waals surface area contributed by atoms with Crippen molar-refractivity contribution in [2.24, 2.45) is 5.41 Å². The zero-order valence-corrected chi connectivity index (χ0v) is 36.3. The number of fused-ring (bicyclic) bond motifs is 1. The van der Waals surface area contributed by atoms with Crippen molar-refractivity contribution in [2.45, 2.75) is 20.8 Å². The van der Waals surface area contributed by atoms with E-state index < -0.39 is 32.6 Å². The third kappa shape index (κ3) is 13.4. The highest BCUT2D eigenvalue weighted by Gasteiger charge is 2.21. The lowest BCUT2D eigenvalue weighted by atomic mass is 9.85. The van der Waals surface area contributed by atoms with Crippen LogP contribution in [0.5, 0.6) is 17.2 Å². The summed E-state index contributed by atoms with van der Waals surface area (Å²) in [5, 5.41) is 13.5. The molecule has 60 heavy (non-hydrogen) atoms. The van der Waals surface area contributed by atoms with Crippen LogP contribution in [-0.2, 0) is 25.9 Å². The molecule has 3 aromatic carbocycles. The van der Waals surface area contributed by atoms with Gasteiger partial charge in [-0.05, 0) is 47.4 Å². The van der Waals surface area contributed by atoms with Gasteiger partial charge in [-0.15, -0.1) is 0 Å². The Hall–Kier alpha value is -5.75. The minimum Gasteiger partial charge on any atom is -0.616 e. The number of hydrogen-bond acceptors (Lipinski definition) is 11. The van der Waals surface area contributed by atoms with E-state index in [0.29, 0.717) is 64.6 Å². The topological polar surface area (TPSA) is 195 Å². The lowest BCUT2D eigenvalue weighted by Gasteiger charge is -2.27. The number of aromatic nitrogens is 1. The maximum Gasteiger partial charge on any atom is 0.319 e. The Morgan fingerprint density at radius 1 is 0.983 bits per heavy atom. The van der Waals surface area contributed by atoms with E-state index in [0.717, 1.165) is 35.7 Å². The molecule has 1 saturated heterocycles. The van der Waals surface area contributed by atoms with Crippen LogP contribution in [0.2, 0.25) is 0 Å². The number of benzene rings is 3. The number of allylic oxidation sites excluding steroid dienone is 2. The maximum atomic E-state index is 13.2. The summed E-state index contributed by atoms with van der Waals surface area (Å²) in [5.74, 6) is 3.24. The van der Waals surface area contributed by atoms with Crippen molar-refractivity contribution in [3.8, 4) is 17.2 Å². The van der Waals surface area contributed by atoms with Gasteiger partial charge in [-0.2, -0.15) is 0 Å². The number of rotatable bonds is 17. The largest absolute Gasteiger partial charge is 0.616 e. The Kier molecular flexibility index (Phi) is 15.5. The molecular formula is C43H53N7O8S2. The highest BCUT2D eigenvalue weighted by molar-refractivity contribution is 7.91. The first-order chi connectivity index (χ1) is 28.5. The van der Waals surface area contributed by atoms with E-state index in [-0.39, 0.29) is 23.9 Å². The first-order valence-electron chi connectivity index (χ1n) is 19.2. The summed E-state index contributed by atoms with van der Waals surface area (Å²) in [7, 11) is -0.668. The molecule has 5 N–H and O–H groups in total. The first kappa shape index (κ1) is 45.3. The molecule has 0 unspecified atom stereocenters. The Balaban J connectivity index is 1.25. The Bertz CT molecular complexity index is 2350. The fourth-order valence-electron chi connectivity index (χ4n) is 6.17. The molecule has 5 rings (SSSR count). The second-order valence-electron chi connectivity index (χ2n) is 15.0. The van der Waals surface area contributed by atoms with Crippen molar-refractivity contribution in [3.63, 3.8) is 0 Å². The summed E-state index contributed by atoms with van der Waals surface area (Å²) in [4.78, 5) is 32.9. The minimum atomic E-state index is -3.60. The van der Waals surface area contributed by atoms with Crippen molar-refractivity contribution < 1.29 is 36.8 Å². The smallest absolute Gasteiger partial charge is 0.319 e. The van der Waals surface area contributed by atoms with Gasteiger partial charge < -0.3 is 40.0 Å². The third-order valence-corrected chi connectivity index (χ3v) is 11.2. The Morgan fingerprint density at radius 2 is 1.72 bits per heavy atom. The molecule has 1 aliphatic rings. The Labute approximate surface area is 354 Å². The number of sulfonamides is 1. The van der Waals surface area contributed by atoms with Crippen LogP contribution in [0.3, 0.4) is 0 Å². The number of carbonyl (C=O) groups excluding carboxylic acids is 2. The quantitative estimate of drug-likeness (QED) is 0.0457. The van der Waals surface area contributed by atoms with Crippen molar-refractivity contribution >= 4 is 61.1 Å². The minimum absolute atomic E-state index is 0.146. The van der Waals surface area contributed by atoms with Gasteiger partial charge in [0.2, 0.25) is 10.0 Å². The number of nitrogens with one attached hydrogen (secondary N) is 5. The molecule has 1 aliphatic heterocycles. The standard InChI is InChI=1S/C43H53N7O8S2/c1-29(56-5)38(49-60(7,54)55)26-31(43(2,3)4)14-16-46-42(52)48-37-12-13-39(36-11-9-8-10-35(36)37)58-33-15-17-44-40(28-33)47-32-24-30(25-34(27-32)57-6)41(51)45-18-19-50-20-22-59(53)23-21-50/h8-15,17,24-28,49H,1,16,18-23H2,2-7H3,(H,44,47)(H,45,51)(H2,46,48,52)/b31-14+,38-26+. The van der Waals surface area contributed by atoms with E-state index in [1.54, 1.807) is 60.8 Å². The van der Waals surface area contributed by atoms with E-state index in [1.165, 1.54) is 14.2 Å². The second kappa shape index (κ2) is 20.5. The number of amides is 3. The van der Waals surface area contributed by atoms with Gasteiger partial charge in [-0.1, -0.05) is 68.9 Å². The predicted molar refractivity (Wildman–Crippen MR) is 238 cm³/mol. The molecular weight excluding hydrogens is 807 g/mol. The summed E-state index contributed by atoms with van der Waals surface area (Å²) in [6.07, 6.45) is 6.09. The van der Waals surface area contributed by atoms with Gasteiger partial charge in [0.05, 0.1) is 31.9 Å². The van der Waals surface area contributed by atoms with E-state index >= 15 is 0 Å². The number of methoxy groups -OCH3 is 2. The zero-order chi connectivity index (χ0) is 43.5. The number of hydrogen-bond donors (Lipinski definition) is 5. The summed E-state index contributed by atoms with van der Waals surface area (Å²) in [5.41, 5.74) is 2.09. The van der Waals surface area contributed by atoms with Crippen LogP contribution in [-0.4, -0.2) is 99.5 Å². The molecule has 4 aromatic rings. The lowest BCUT2D eigenvalue weighted by molar-refractivity contribution is 0.0948. The number of carbonyl (C=O) groups is 2. The maximum absolute atomic E-state index is 13.2. The van der Waals surface area contributed by atoms with Crippen LogP contribution < -0.4 is 35.5 Å². The number of nitrogens with zero attached hydrogens (tertiary/aromatic N) is 2. The number of ether oxygens (including phenoxy) is 3. The number of anilines is 3. The van der Waals surface area contributed by atoms with Crippen molar-refractivity contribution in [3.05, 3.63) is 114 Å². The van der Waals surface area contributed by atoms with Gasteiger partial charge in [0, 0.05) is 73.1 Å². The third-order valence-electron chi connectivity index (χ3n) is 9.34. The van der Waals surface area contributed by atoms with Crippen LogP contribution >= 0.6 is 0 Å². The zero-order valence-electron chi connectivity index (χ0n) is 34.7. The molecule has 0 aliphatic carbocycles. The molecule has 0 spiro atoms. The summed E-state index contributed by atoms with van der Waals surface area (Å²) in [6.45, 7) is 12.5. The Morgan fingerprint density at radius 3 is 2.40 bits per heavy atom. The van der Waals surface area contributed by atoms with Gasteiger partial charge in [0.1, 0.15) is 40.3 Å². The van der Waals surface area contributed by atoms with Crippen molar-refractivity contribution in [1.29, 1.82) is 0 Å². The van der Waals surface area contributed by atoms with Crippen LogP contribution in [0.1, 0.15) is 31.1 Å². The molecule has 0 atom stereocenters. The van der Waals surface area contributed by atoms with E-state index in [1.807, 2.05) is 45.0 Å². The molecule has 17 heteroatoms. The van der Waals surface area contributed by atoms with Crippen LogP contribution in [0.25, 0.3) is 10.8 Å². The van der Waals surface area contributed by atoms with Gasteiger partial charge in [0.15, 0.2) is 0 Å². The number of pyridine rings is 1. The lowest BCUT2D eigenvalue weighted by Crippen LogP contribution is -2.43. The van der Waals surface area contributed by atoms with Gasteiger partial charge >= 0.3 is 6.03 Å². The monoisotopic (exact) mass is 859 g/mol. The average Bonchev–Trinajstić information content (AvgIpc) is 3.20. The van der Waals surface area contributed by atoms with Crippen LogP contribution in [0.4, 0.5) is 22.0 Å². The molecule has 0 saturated carbocycles. The van der Waals surface area contributed by atoms with E-state index in [2.05, 4.69) is 42.5 Å². The highest BCUT2D eigenvalue weighted by atomic mass is 32.2. The highest BCUT2D eigenvalue weighted by Crippen LogP contribution is 2.35. The van der Waals surface area contributed by atoms with E-state index in [9.17, 15) is 22.6 Å². The predicted octanol–water partition coefficient (Wildman–Crippen LogP) is 6.26. The van der Waals surface area contributed by atoms with Crippen molar-refractivity contribution in [2.75, 3.05) is 75.3 Å².